The Kier molecular flexibility index (Phi) is 8.63. The lowest BCUT2D eigenvalue weighted by molar-refractivity contribution is 0.168. The molecule has 1 aromatic carbocycles. The molecule has 0 spiro atoms. The zero-order chi connectivity index (χ0) is 15.6. The summed E-state index contributed by atoms with van der Waals surface area (Å²) in [5, 5.41) is 0. The van der Waals surface area contributed by atoms with E-state index in [9.17, 15) is 0 Å². The molecule has 0 radical (unpaired) electrons. The van der Waals surface area contributed by atoms with Crippen LogP contribution in [0.4, 0.5) is 0 Å². The minimum atomic E-state index is -1.50. The van der Waals surface area contributed by atoms with Crippen LogP contribution in [0.3, 0.4) is 0 Å². The highest BCUT2D eigenvalue weighted by atomic mass is 28.4. The largest absolute Gasteiger partial charge is 0.414 e. The Morgan fingerprint density at radius 1 is 1.05 bits per heavy atom. The highest BCUT2D eigenvalue weighted by molar-refractivity contribution is 6.73. The Balaban J connectivity index is 2.64. The van der Waals surface area contributed by atoms with Crippen LogP contribution < -0.4 is 0 Å². The second-order valence-corrected chi connectivity index (χ2v) is 10.6. The number of rotatable bonds is 11. The topological polar surface area (TPSA) is 9.23 Å². The van der Waals surface area contributed by atoms with Crippen molar-refractivity contribution in [3.63, 3.8) is 0 Å². The molecule has 0 fully saturated rings. The van der Waals surface area contributed by atoms with Crippen LogP contribution in [0.15, 0.2) is 43.0 Å². The van der Waals surface area contributed by atoms with Gasteiger partial charge < -0.3 is 4.43 Å². The van der Waals surface area contributed by atoms with Gasteiger partial charge in [-0.3, -0.25) is 0 Å². The van der Waals surface area contributed by atoms with Crippen molar-refractivity contribution in [2.24, 2.45) is 0 Å². The molecule has 0 saturated carbocycles. The van der Waals surface area contributed by atoms with Gasteiger partial charge in [0.25, 0.3) is 0 Å². The Hall–Kier alpha value is -0.863. The summed E-state index contributed by atoms with van der Waals surface area (Å²) in [5.41, 5.74) is 1.42. The SMILES string of the molecule is C=CCCC(CCc1ccccc1)O[Si](CC)(CC)CC. The normalized spacial score (nSPS) is 13.1. The summed E-state index contributed by atoms with van der Waals surface area (Å²) < 4.78 is 6.70. The molecule has 1 nitrogen and oxygen atoms in total. The molecular weight excluding hydrogens is 272 g/mol. The van der Waals surface area contributed by atoms with Gasteiger partial charge in [-0.15, -0.1) is 6.58 Å². The van der Waals surface area contributed by atoms with Crippen molar-refractivity contribution in [2.45, 2.75) is 70.7 Å². The summed E-state index contributed by atoms with van der Waals surface area (Å²) in [6, 6.07) is 14.5. The summed E-state index contributed by atoms with van der Waals surface area (Å²) in [6.07, 6.45) is 6.84. The average Bonchev–Trinajstić information content (AvgIpc) is 2.56. The van der Waals surface area contributed by atoms with Crippen molar-refractivity contribution >= 4 is 8.32 Å². The van der Waals surface area contributed by atoms with Crippen molar-refractivity contribution in [3.05, 3.63) is 48.6 Å². The van der Waals surface area contributed by atoms with Gasteiger partial charge in [0.15, 0.2) is 8.32 Å². The first-order valence-electron chi connectivity index (χ1n) is 8.52. The Labute approximate surface area is 132 Å². The zero-order valence-electron chi connectivity index (χ0n) is 14.1. The molecule has 1 rings (SSSR count). The monoisotopic (exact) mass is 304 g/mol. The van der Waals surface area contributed by atoms with E-state index in [-0.39, 0.29) is 0 Å². The lowest BCUT2D eigenvalue weighted by Gasteiger charge is -2.33. The molecule has 0 bridgehead atoms. The van der Waals surface area contributed by atoms with Gasteiger partial charge in [0.1, 0.15) is 0 Å². The lowest BCUT2D eigenvalue weighted by atomic mass is 10.0. The van der Waals surface area contributed by atoms with Crippen LogP contribution in [-0.4, -0.2) is 14.4 Å². The first-order chi connectivity index (χ1) is 10.2. The Bertz CT molecular complexity index is 376. The van der Waals surface area contributed by atoms with Crippen molar-refractivity contribution in [3.8, 4) is 0 Å². The van der Waals surface area contributed by atoms with Crippen molar-refractivity contribution < 1.29 is 4.43 Å². The van der Waals surface area contributed by atoms with E-state index in [0.717, 1.165) is 25.7 Å². The minimum absolute atomic E-state index is 0.398. The number of allylic oxidation sites excluding steroid dienone is 1. The molecule has 1 atom stereocenters. The maximum absolute atomic E-state index is 6.70. The molecule has 0 aliphatic heterocycles. The Morgan fingerprint density at radius 2 is 1.67 bits per heavy atom. The van der Waals surface area contributed by atoms with Crippen LogP contribution in [0.2, 0.25) is 18.1 Å². The van der Waals surface area contributed by atoms with Gasteiger partial charge in [0.05, 0.1) is 0 Å². The number of hydrogen-bond donors (Lipinski definition) is 0. The quantitative estimate of drug-likeness (QED) is 0.361. The first kappa shape index (κ1) is 18.2. The van der Waals surface area contributed by atoms with E-state index in [2.05, 4.69) is 57.7 Å². The molecule has 0 saturated heterocycles. The van der Waals surface area contributed by atoms with Gasteiger partial charge >= 0.3 is 0 Å². The van der Waals surface area contributed by atoms with Gasteiger partial charge in [0.2, 0.25) is 0 Å². The fourth-order valence-electron chi connectivity index (χ4n) is 2.89. The second-order valence-electron chi connectivity index (χ2n) is 5.87. The van der Waals surface area contributed by atoms with E-state index in [1.54, 1.807) is 0 Å². The molecule has 21 heavy (non-hydrogen) atoms. The fraction of sp³-hybridized carbons (Fsp3) is 0.579. The predicted octanol–water partition coefficient (Wildman–Crippen LogP) is 5.98. The van der Waals surface area contributed by atoms with Gasteiger partial charge in [-0.1, -0.05) is 57.2 Å². The Morgan fingerprint density at radius 3 is 2.19 bits per heavy atom. The van der Waals surface area contributed by atoms with Crippen LogP contribution in [0, 0.1) is 0 Å². The molecular formula is C19H32OSi. The van der Waals surface area contributed by atoms with Crippen molar-refractivity contribution in [1.29, 1.82) is 0 Å². The standard InChI is InChI=1S/C19H32OSi/c1-5-9-15-19(20-21(6-2,7-3)8-4)17-16-18-13-11-10-12-14-18/h5,10-14,19H,1,6-9,15-17H2,2-4H3. The van der Waals surface area contributed by atoms with Gasteiger partial charge in [-0.05, 0) is 49.4 Å². The highest BCUT2D eigenvalue weighted by Gasteiger charge is 2.31. The third-order valence-corrected chi connectivity index (χ3v) is 9.34. The highest BCUT2D eigenvalue weighted by Crippen LogP contribution is 2.26. The summed E-state index contributed by atoms with van der Waals surface area (Å²) in [4.78, 5) is 0. The first-order valence-corrected chi connectivity index (χ1v) is 11.0. The maximum atomic E-state index is 6.70. The third kappa shape index (κ3) is 6.19. The molecule has 1 unspecified atom stereocenters. The second kappa shape index (κ2) is 9.96. The number of aryl methyl sites for hydroxylation is 1. The van der Waals surface area contributed by atoms with E-state index in [1.165, 1.54) is 23.7 Å². The van der Waals surface area contributed by atoms with E-state index < -0.39 is 8.32 Å². The van der Waals surface area contributed by atoms with Gasteiger partial charge in [0, 0.05) is 6.10 Å². The number of hydrogen-bond acceptors (Lipinski definition) is 1. The average molecular weight is 305 g/mol. The van der Waals surface area contributed by atoms with Gasteiger partial charge in [-0.25, -0.2) is 0 Å². The van der Waals surface area contributed by atoms with Crippen LogP contribution >= 0.6 is 0 Å². The predicted molar refractivity (Wildman–Crippen MR) is 96.3 cm³/mol. The van der Waals surface area contributed by atoms with Crippen LogP contribution in [0.25, 0.3) is 0 Å². The molecule has 0 aliphatic rings. The van der Waals surface area contributed by atoms with E-state index in [4.69, 9.17) is 4.43 Å². The lowest BCUT2D eigenvalue weighted by Crippen LogP contribution is -2.40. The zero-order valence-corrected chi connectivity index (χ0v) is 15.1. The summed E-state index contributed by atoms with van der Waals surface area (Å²) in [5.74, 6) is 0. The fourth-order valence-corrected chi connectivity index (χ4v) is 5.83. The summed E-state index contributed by atoms with van der Waals surface area (Å²) in [6.45, 7) is 10.8. The minimum Gasteiger partial charge on any atom is -0.414 e. The van der Waals surface area contributed by atoms with Crippen LogP contribution in [0.1, 0.15) is 45.6 Å². The van der Waals surface area contributed by atoms with Crippen molar-refractivity contribution in [2.75, 3.05) is 0 Å². The maximum Gasteiger partial charge on any atom is 0.192 e. The molecule has 1 aromatic rings. The summed E-state index contributed by atoms with van der Waals surface area (Å²) in [7, 11) is -1.50. The smallest absolute Gasteiger partial charge is 0.192 e. The third-order valence-electron chi connectivity index (χ3n) is 4.64. The van der Waals surface area contributed by atoms with E-state index >= 15 is 0 Å². The molecule has 0 aliphatic carbocycles. The molecule has 0 amide bonds. The summed E-state index contributed by atoms with van der Waals surface area (Å²) >= 11 is 0. The van der Waals surface area contributed by atoms with Gasteiger partial charge in [-0.2, -0.15) is 0 Å². The molecule has 118 valence electrons. The molecule has 0 aromatic heterocycles. The van der Waals surface area contributed by atoms with E-state index in [1.807, 2.05) is 6.08 Å². The number of benzene rings is 1. The van der Waals surface area contributed by atoms with Crippen LogP contribution in [-0.2, 0) is 10.8 Å². The van der Waals surface area contributed by atoms with Crippen LogP contribution in [0.5, 0.6) is 0 Å². The molecule has 0 N–H and O–H groups in total. The molecule has 0 heterocycles. The van der Waals surface area contributed by atoms with E-state index in [0.29, 0.717) is 6.10 Å². The van der Waals surface area contributed by atoms with Crippen molar-refractivity contribution in [1.82, 2.24) is 0 Å². The molecule has 2 heteroatoms.